The number of nitrogens with zero attached hydrogens (tertiary/aromatic N) is 1. The van der Waals surface area contributed by atoms with Crippen LogP contribution in [0.2, 0.25) is 10.0 Å². The lowest BCUT2D eigenvalue weighted by atomic mass is 10.1. The van der Waals surface area contributed by atoms with Gasteiger partial charge in [-0.2, -0.15) is 0 Å². The van der Waals surface area contributed by atoms with Gasteiger partial charge in [0.05, 0.1) is 10.0 Å². The van der Waals surface area contributed by atoms with Crippen molar-refractivity contribution in [1.29, 1.82) is 0 Å². The highest BCUT2D eigenvalue weighted by Crippen LogP contribution is 2.22. The number of hydrogen-bond donors (Lipinski definition) is 1. The Morgan fingerprint density at radius 2 is 2.08 bits per heavy atom. The van der Waals surface area contributed by atoms with E-state index in [1.807, 2.05) is 0 Å². The summed E-state index contributed by atoms with van der Waals surface area (Å²) in [6.07, 6.45) is 0.430. The van der Waals surface area contributed by atoms with Gasteiger partial charge >= 0.3 is 0 Å². The zero-order valence-electron chi connectivity index (χ0n) is 6.37. The number of aldehydes is 1. The van der Waals surface area contributed by atoms with Crippen LogP contribution in [0.5, 0.6) is 0 Å². The molecule has 0 aliphatic carbocycles. The van der Waals surface area contributed by atoms with E-state index < -0.39 is 0 Å². The third kappa shape index (κ3) is 2.20. The summed E-state index contributed by atoms with van der Waals surface area (Å²) < 4.78 is 0. The summed E-state index contributed by atoms with van der Waals surface area (Å²) in [7, 11) is 0. The average Bonchev–Trinajstić information content (AvgIpc) is 2.13. The van der Waals surface area contributed by atoms with Crippen molar-refractivity contribution < 1.29 is 10.0 Å². The van der Waals surface area contributed by atoms with Gasteiger partial charge < -0.3 is 5.21 Å². The molecule has 0 bridgehead atoms. The highest BCUT2D eigenvalue weighted by Gasteiger charge is 2.05. The number of carbonyl (C=O) groups excluding carboxylic acids is 1. The number of halogens is 2. The van der Waals surface area contributed by atoms with E-state index in [4.69, 9.17) is 28.4 Å². The van der Waals surface area contributed by atoms with Gasteiger partial charge in [0.2, 0.25) is 0 Å². The van der Waals surface area contributed by atoms with E-state index in [0.717, 1.165) is 0 Å². The lowest BCUT2D eigenvalue weighted by Crippen LogP contribution is -2.01. The Labute approximate surface area is 84.6 Å². The Morgan fingerprint density at radius 1 is 1.38 bits per heavy atom. The summed E-state index contributed by atoms with van der Waals surface area (Å²) in [5.74, 6) is 0. The van der Waals surface area contributed by atoms with Gasteiger partial charge in [-0.15, -0.1) is 0 Å². The summed E-state index contributed by atoms with van der Waals surface area (Å²) in [6, 6.07) is 4.51. The van der Waals surface area contributed by atoms with Crippen LogP contribution in [0, 0.1) is 0 Å². The molecule has 0 saturated carbocycles. The van der Waals surface area contributed by atoms with Crippen molar-refractivity contribution in [2.75, 3.05) is 0 Å². The zero-order chi connectivity index (χ0) is 9.84. The quantitative estimate of drug-likeness (QED) is 0.358. The van der Waals surface area contributed by atoms with Gasteiger partial charge in [-0.25, -0.2) is 0 Å². The molecule has 0 saturated heterocycles. The second-order valence-electron chi connectivity index (χ2n) is 2.23. The van der Waals surface area contributed by atoms with E-state index in [0.29, 0.717) is 21.9 Å². The van der Waals surface area contributed by atoms with E-state index in [9.17, 15) is 4.79 Å². The second kappa shape index (κ2) is 4.25. The van der Waals surface area contributed by atoms with E-state index in [1.165, 1.54) is 18.2 Å². The van der Waals surface area contributed by atoms with Crippen LogP contribution < -0.4 is 0 Å². The fourth-order valence-electron chi connectivity index (χ4n) is 0.805. The van der Waals surface area contributed by atoms with Crippen LogP contribution in [-0.2, 0) is 4.79 Å². The molecular weight excluding hydrogens is 213 g/mol. The molecule has 0 aromatic heterocycles. The Bertz CT molecular complexity index is 363. The summed E-state index contributed by atoms with van der Waals surface area (Å²) in [5.41, 5.74) is 0.338. The molecule has 0 spiro atoms. The van der Waals surface area contributed by atoms with E-state index in [2.05, 4.69) is 5.16 Å². The van der Waals surface area contributed by atoms with E-state index >= 15 is 0 Å². The molecule has 1 N–H and O–H groups in total. The number of rotatable bonds is 2. The van der Waals surface area contributed by atoms with Gasteiger partial charge in [-0.05, 0) is 12.1 Å². The van der Waals surface area contributed by atoms with Crippen LogP contribution in [0.1, 0.15) is 5.56 Å². The normalized spacial score (nSPS) is 11.4. The topological polar surface area (TPSA) is 49.7 Å². The molecule has 5 heteroatoms. The average molecular weight is 218 g/mol. The fraction of sp³-hybridized carbons (Fsp3) is 0. The molecule has 0 heterocycles. The first-order valence-electron chi connectivity index (χ1n) is 3.31. The van der Waals surface area contributed by atoms with E-state index in [-0.39, 0.29) is 5.71 Å². The van der Waals surface area contributed by atoms with Gasteiger partial charge in [-0.3, -0.25) is 4.79 Å². The summed E-state index contributed by atoms with van der Waals surface area (Å²) in [5, 5.41) is 11.9. The van der Waals surface area contributed by atoms with Gasteiger partial charge in [-0.1, -0.05) is 34.4 Å². The standard InChI is InChI=1S/C8H5Cl2NO2/c9-6-2-1-5(3-7(6)10)8(4-12)11-13/h1-4,13H. The van der Waals surface area contributed by atoms with Crippen LogP contribution in [-0.4, -0.2) is 17.2 Å². The Hall–Kier alpha value is -1.06. The predicted molar refractivity (Wildman–Crippen MR) is 50.8 cm³/mol. The van der Waals surface area contributed by atoms with Crippen LogP contribution in [0.15, 0.2) is 23.4 Å². The minimum atomic E-state index is -0.0847. The molecule has 1 aromatic rings. The van der Waals surface area contributed by atoms with Crippen LogP contribution in [0.4, 0.5) is 0 Å². The highest BCUT2D eigenvalue weighted by atomic mass is 35.5. The molecule has 0 atom stereocenters. The van der Waals surface area contributed by atoms with Crippen molar-refractivity contribution in [2.45, 2.75) is 0 Å². The first-order chi connectivity index (χ1) is 6.19. The van der Waals surface area contributed by atoms with Crippen LogP contribution in [0.25, 0.3) is 0 Å². The molecule has 0 amide bonds. The summed E-state index contributed by atoms with van der Waals surface area (Å²) in [4.78, 5) is 10.4. The molecule has 1 rings (SSSR count). The molecule has 68 valence electrons. The Balaban J connectivity index is 3.17. The van der Waals surface area contributed by atoms with Gasteiger partial charge in [0, 0.05) is 5.56 Å². The molecule has 0 radical (unpaired) electrons. The smallest absolute Gasteiger partial charge is 0.172 e. The second-order valence-corrected chi connectivity index (χ2v) is 3.05. The lowest BCUT2D eigenvalue weighted by Gasteiger charge is -1.99. The van der Waals surface area contributed by atoms with Crippen LogP contribution in [0.3, 0.4) is 0 Å². The molecule has 1 aromatic carbocycles. The first-order valence-corrected chi connectivity index (χ1v) is 4.07. The Kier molecular flexibility index (Phi) is 3.28. The van der Waals surface area contributed by atoms with Gasteiger partial charge in [0.15, 0.2) is 6.29 Å². The number of hydrogen-bond acceptors (Lipinski definition) is 3. The largest absolute Gasteiger partial charge is 0.410 e. The lowest BCUT2D eigenvalue weighted by molar-refractivity contribution is -0.102. The molecule has 0 unspecified atom stereocenters. The molecule has 0 fully saturated rings. The third-order valence-electron chi connectivity index (χ3n) is 1.43. The predicted octanol–water partition coefficient (Wildman–Crippen LogP) is 2.37. The molecule has 13 heavy (non-hydrogen) atoms. The van der Waals surface area contributed by atoms with E-state index in [1.54, 1.807) is 0 Å². The summed E-state index contributed by atoms with van der Waals surface area (Å²) in [6.45, 7) is 0. The molecule has 3 nitrogen and oxygen atoms in total. The third-order valence-corrected chi connectivity index (χ3v) is 2.17. The van der Waals surface area contributed by atoms with Crippen molar-refractivity contribution in [3.05, 3.63) is 33.8 Å². The highest BCUT2D eigenvalue weighted by molar-refractivity contribution is 6.43. The van der Waals surface area contributed by atoms with Gasteiger partial charge in [0.1, 0.15) is 5.71 Å². The minimum absolute atomic E-state index is 0.0847. The van der Waals surface area contributed by atoms with Crippen LogP contribution >= 0.6 is 23.2 Å². The van der Waals surface area contributed by atoms with Crippen molar-refractivity contribution in [1.82, 2.24) is 0 Å². The Morgan fingerprint density at radius 3 is 2.54 bits per heavy atom. The molecule has 0 aliphatic heterocycles. The maximum Gasteiger partial charge on any atom is 0.172 e. The maximum atomic E-state index is 10.4. The summed E-state index contributed by atoms with van der Waals surface area (Å²) >= 11 is 11.3. The SMILES string of the molecule is O=CC(=NO)c1ccc(Cl)c(Cl)c1. The van der Waals surface area contributed by atoms with Crippen molar-refractivity contribution in [2.24, 2.45) is 5.16 Å². The molecule has 0 aliphatic rings. The van der Waals surface area contributed by atoms with Crippen molar-refractivity contribution in [3.63, 3.8) is 0 Å². The first kappa shape index (κ1) is 10.0. The fourth-order valence-corrected chi connectivity index (χ4v) is 1.10. The number of oxime groups is 1. The number of benzene rings is 1. The zero-order valence-corrected chi connectivity index (χ0v) is 7.88. The monoisotopic (exact) mass is 217 g/mol. The molecular formula is C8H5Cl2NO2. The van der Waals surface area contributed by atoms with Gasteiger partial charge in [0.25, 0.3) is 0 Å². The maximum absolute atomic E-state index is 10.4. The number of carbonyl (C=O) groups is 1. The van der Waals surface area contributed by atoms with Crippen molar-refractivity contribution >= 4 is 35.2 Å². The minimum Gasteiger partial charge on any atom is -0.410 e. The van der Waals surface area contributed by atoms with Crippen molar-refractivity contribution in [3.8, 4) is 0 Å².